The second-order valence-corrected chi connectivity index (χ2v) is 8.62. The van der Waals surface area contributed by atoms with Crippen LogP contribution in [0.25, 0.3) is 0 Å². The maximum absolute atomic E-state index is 13.1. The molecular formula is C22H21N3O3S. The summed E-state index contributed by atoms with van der Waals surface area (Å²) in [5, 5.41) is 0. The Morgan fingerprint density at radius 2 is 1.86 bits per heavy atom. The number of hydrogen-bond acceptors (Lipinski definition) is 4. The topological polar surface area (TPSA) is 79.4 Å². The number of aromatic nitrogens is 1. The fraction of sp³-hybridized carbons (Fsp3) is 0.182. The Morgan fingerprint density at radius 3 is 2.62 bits per heavy atom. The maximum Gasteiger partial charge on any atom is 0.261 e. The third-order valence-electron chi connectivity index (χ3n) is 5.00. The number of nitrogens with zero attached hydrogens (tertiary/aromatic N) is 2. The SMILES string of the molecule is O=C(c1cccc(NS(=O)(=O)c2ccccc2)c1)N1CCC[C@@H]1c1cccnc1. The summed E-state index contributed by atoms with van der Waals surface area (Å²) in [7, 11) is -3.71. The van der Waals surface area contributed by atoms with E-state index in [0.717, 1.165) is 18.4 Å². The van der Waals surface area contributed by atoms with Gasteiger partial charge in [-0.15, -0.1) is 0 Å². The van der Waals surface area contributed by atoms with Crippen LogP contribution < -0.4 is 4.72 Å². The fourth-order valence-electron chi connectivity index (χ4n) is 3.62. The average molecular weight is 407 g/mol. The largest absolute Gasteiger partial charge is 0.332 e. The minimum absolute atomic E-state index is 0.0131. The predicted molar refractivity (Wildman–Crippen MR) is 111 cm³/mol. The van der Waals surface area contributed by atoms with Gasteiger partial charge in [0.1, 0.15) is 0 Å². The van der Waals surface area contributed by atoms with Gasteiger partial charge in [0.05, 0.1) is 10.9 Å². The number of benzene rings is 2. The number of nitrogens with one attached hydrogen (secondary N) is 1. The van der Waals surface area contributed by atoms with E-state index < -0.39 is 10.0 Å². The number of amides is 1. The number of carbonyl (C=O) groups is 1. The van der Waals surface area contributed by atoms with Crippen LogP contribution in [0.15, 0.2) is 84.0 Å². The molecule has 6 nitrogen and oxygen atoms in total. The van der Waals surface area contributed by atoms with E-state index in [2.05, 4.69) is 9.71 Å². The van der Waals surface area contributed by atoms with Gasteiger partial charge in [-0.3, -0.25) is 14.5 Å². The smallest absolute Gasteiger partial charge is 0.261 e. The van der Waals surface area contributed by atoms with E-state index in [9.17, 15) is 13.2 Å². The van der Waals surface area contributed by atoms with E-state index in [4.69, 9.17) is 0 Å². The van der Waals surface area contributed by atoms with Crippen molar-refractivity contribution in [1.82, 2.24) is 9.88 Å². The molecule has 0 saturated carbocycles. The fourth-order valence-corrected chi connectivity index (χ4v) is 4.70. The zero-order valence-electron chi connectivity index (χ0n) is 15.7. The molecular weight excluding hydrogens is 386 g/mol. The Labute approximate surface area is 170 Å². The van der Waals surface area contributed by atoms with Gasteiger partial charge in [-0.05, 0) is 54.8 Å². The molecule has 0 bridgehead atoms. The van der Waals surface area contributed by atoms with Gasteiger partial charge >= 0.3 is 0 Å². The van der Waals surface area contributed by atoms with Crippen LogP contribution in [0.1, 0.15) is 34.8 Å². The summed E-state index contributed by atoms with van der Waals surface area (Å²) in [4.78, 5) is 19.3. The van der Waals surface area contributed by atoms with Crippen LogP contribution in [-0.2, 0) is 10.0 Å². The monoisotopic (exact) mass is 407 g/mol. The first-order valence-electron chi connectivity index (χ1n) is 9.43. The molecule has 1 saturated heterocycles. The summed E-state index contributed by atoms with van der Waals surface area (Å²) in [6.07, 6.45) is 5.32. The number of likely N-dealkylation sites (tertiary alicyclic amines) is 1. The molecule has 1 N–H and O–H groups in total. The lowest BCUT2D eigenvalue weighted by Gasteiger charge is -2.25. The molecule has 0 aliphatic carbocycles. The summed E-state index contributed by atoms with van der Waals surface area (Å²) >= 11 is 0. The normalized spacial score (nSPS) is 16.6. The Morgan fingerprint density at radius 1 is 1.03 bits per heavy atom. The molecule has 1 fully saturated rings. The highest BCUT2D eigenvalue weighted by Gasteiger charge is 2.30. The highest BCUT2D eigenvalue weighted by Crippen LogP contribution is 2.33. The van der Waals surface area contributed by atoms with E-state index in [0.29, 0.717) is 17.8 Å². The van der Waals surface area contributed by atoms with Crippen molar-refractivity contribution in [3.8, 4) is 0 Å². The lowest BCUT2D eigenvalue weighted by Crippen LogP contribution is -2.30. The molecule has 1 atom stereocenters. The second-order valence-electron chi connectivity index (χ2n) is 6.94. The molecule has 148 valence electrons. The number of hydrogen-bond donors (Lipinski definition) is 1. The number of rotatable bonds is 5. The average Bonchev–Trinajstić information content (AvgIpc) is 3.24. The molecule has 4 rings (SSSR count). The Hall–Kier alpha value is -3.19. The van der Waals surface area contributed by atoms with Gasteiger partial charge in [-0.1, -0.05) is 30.3 Å². The van der Waals surface area contributed by atoms with Crippen LogP contribution in [0.4, 0.5) is 5.69 Å². The first kappa shape index (κ1) is 19.1. The van der Waals surface area contributed by atoms with Crippen molar-refractivity contribution in [3.63, 3.8) is 0 Å². The van der Waals surface area contributed by atoms with Gasteiger partial charge in [0.15, 0.2) is 0 Å². The van der Waals surface area contributed by atoms with Crippen LogP contribution >= 0.6 is 0 Å². The molecule has 0 unspecified atom stereocenters. The van der Waals surface area contributed by atoms with Crippen molar-refractivity contribution in [2.45, 2.75) is 23.8 Å². The van der Waals surface area contributed by atoms with Crippen molar-refractivity contribution in [3.05, 3.63) is 90.3 Å². The van der Waals surface area contributed by atoms with Crippen LogP contribution in [0.5, 0.6) is 0 Å². The zero-order chi connectivity index (χ0) is 20.3. The third kappa shape index (κ3) is 4.14. The summed E-state index contributed by atoms with van der Waals surface area (Å²) < 4.78 is 27.7. The minimum atomic E-state index is -3.71. The molecule has 1 aromatic heterocycles. The van der Waals surface area contributed by atoms with Gasteiger partial charge in [-0.2, -0.15) is 0 Å². The second kappa shape index (κ2) is 8.05. The van der Waals surface area contributed by atoms with Gasteiger partial charge in [0, 0.05) is 30.2 Å². The van der Waals surface area contributed by atoms with E-state index in [1.165, 1.54) is 12.1 Å². The lowest BCUT2D eigenvalue weighted by molar-refractivity contribution is 0.0735. The Balaban J connectivity index is 1.56. The summed E-state index contributed by atoms with van der Waals surface area (Å²) in [5.74, 6) is -0.114. The highest BCUT2D eigenvalue weighted by atomic mass is 32.2. The number of pyridine rings is 1. The van der Waals surface area contributed by atoms with Crippen molar-refractivity contribution in [2.75, 3.05) is 11.3 Å². The summed E-state index contributed by atoms with van der Waals surface area (Å²) in [6.45, 7) is 0.665. The maximum atomic E-state index is 13.1. The minimum Gasteiger partial charge on any atom is -0.332 e. The van der Waals surface area contributed by atoms with Crippen LogP contribution in [0.3, 0.4) is 0 Å². The quantitative estimate of drug-likeness (QED) is 0.697. The molecule has 2 aromatic carbocycles. The zero-order valence-corrected chi connectivity index (χ0v) is 16.5. The van der Waals surface area contributed by atoms with Gasteiger partial charge in [0.2, 0.25) is 0 Å². The molecule has 3 aromatic rings. The van der Waals surface area contributed by atoms with Crippen molar-refractivity contribution >= 4 is 21.6 Å². The van der Waals surface area contributed by atoms with Crippen molar-refractivity contribution < 1.29 is 13.2 Å². The molecule has 1 aliphatic heterocycles. The Bertz CT molecular complexity index is 1100. The number of sulfonamides is 1. The van der Waals surface area contributed by atoms with Crippen molar-refractivity contribution in [1.29, 1.82) is 0 Å². The van der Waals surface area contributed by atoms with Gasteiger partial charge < -0.3 is 4.90 Å². The molecule has 0 radical (unpaired) electrons. The predicted octanol–water partition coefficient (Wildman–Crippen LogP) is 3.86. The molecule has 29 heavy (non-hydrogen) atoms. The standard InChI is InChI=1S/C22H21N3O3S/c26-22(25-14-6-12-21(25)18-8-5-13-23-16-18)17-7-4-9-19(15-17)24-29(27,28)20-10-2-1-3-11-20/h1-5,7-11,13,15-16,21,24H,6,12,14H2/t21-/m1/s1. The molecule has 1 amide bonds. The van der Waals surface area contributed by atoms with Crippen LogP contribution in [0.2, 0.25) is 0 Å². The molecule has 7 heteroatoms. The van der Waals surface area contributed by atoms with Crippen LogP contribution in [0, 0.1) is 0 Å². The molecule has 0 spiro atoms. The number of carbonyl (C=O) groups excluding carboxylic acids is 1. The van der Waals surface area contributed by atoms with Crippen molar-refractivity contribution in [2.24, 2.45) is 0 Å². The van der Waals surface area contributed by atoms with Gasteiger partial charge in [0.25, 0.3) is 15.9 Å². The lowest BCUT2D eigenvalue weighted by atomic mass is 10.1. The van der Waals surface area contributed by atoms with Crippen LogP contribution in [-0.4, -0.2) is 30.8 Å². The van der Waals surface area contributed by atoms with E-state index in [1.54, 1.807) is 54.9 Å². The summed E-state index contributed by atoms with van der Waals surface area (Å²) in [5.41, 5.74) is 1.82. The molecule has 1 aliphatic rings. The van der Waals surface area contributed by atoms with E-state index in [-0.39, 0.29) is 16.8 Å². The summed E-state index contributed by atoms with van der Waals surface area (Å²) in [6, 6.07) is 18.6. The first-order valence-corrected chi connectivity index (χ1v) is 10.9. The van der Waals surface area contributed by atoms with Gasteiger partial charge in [-0.25, -0.2) is 8.42 Å². The van der Waals surface area contributed by atoms with E-state index in [1.807, 2.05) is 17.0 Å². The Kier molecular flexibility index (Phi) is 5.31. The first-order chi connectivity index (χ1) is 14.0. The highest BCUT2D eigenvalue weighted by molar-refractivity contribution is 7.92. The molecule has 2 heterocycles. The third-order valence-corrected chi connectivity index (χ3v) is 6.40. The van der Waals surface area contributed by atoms with E-state index >= 15 is 0 Å². The number of anilines is 1.